The molecule has 40 heavy (non-hydrogen) atoms. The minimum absolute atomic E-state index is 0. The molecule has 0 fully saturated rings. The number of benzene rings is 4. The summed E-state index contributed by atoms with van der Waals surface area (Å²) >= 11 is 0. The van der Waals surface area contributed by atoms with Gasteiger partial charge in [0.15, 0.2) is 0 Å². The van der Waals surface area contributed by atoms with Gasteiger partial charge in [0.25, 0.3) is 0 Å². The summed E-state index contributed by atoms with van der Waals surface area (Å²) in [5.41, 5.74) is 28.5. The Morgan fingerprint density at radius 3 is 0.525 bits per heavy atom. The van der Waals surface area contributed by atoms with Gasteiger partial charge >= 0.3 is 0 Å². The van der Waals surface area contributed by atoms with E-state index in [0.29, 0.717) is 22.3 Å². The number of carbonyl (C=O) groups is 4. The monoisotopic (exact) mass is 878 g/mol. The zero-order valence-corrected chi connectivity index (χ0v) is 28.1. The molecule has 4 rings (SSSR count). The van der Waals surface area contributed by atoms with E-state index in [1.54, 1.807) is 97.1 Å². The number of rotatable bonds is 4. The number of carbonyl (C=O) groups excluding carboxylic acids is 4. The first kappa shape index (κ1) is 43.4. The van der Waals surface area contributed by atoms with Gasteiger partial charge in [0.05, 0.1) is 23.6 Å². The van der Waals surface area contributed by atoms with Crippen LogP contribution in [0.3, 0.4) is 0 Å². The molecule has 12 heteroatoms. The van der Waals surface area contributed by atoms with Crippen LogP contribution in [-0.4, -0.2) is 23.6 Å². The summed E-state index contributed by atoms with van der Waals surface area (Å²) in [5, 5.41) is 0. The van der Waals surface area contributed by atoms with E-state index in [9.17, 15) is 19.2 Å². The van der Waals surface area contributed by atoms with Crippen LogP contribution in [0.5, 0.6) is 0 Å². The van der Waals surface area contributed by atoms with Crippen molar-refractivity contribution in [3.8, 4) is 0 Å². The van der Waals surface area contributed by atoms with Crippen molar-refractivity contribution >= 4 is 23.6 Å². The average molecular weight is 876 g/mol. The fourth-order valence-corrected chi connectivity index (χ4v) is 2.36. The third kappa shape index (κ3) is 19.4. The van der Waals surface area contributed by atoms with Crippen molar-refractivity contribution in [1.82, 2.24) is 0 Å². The van der Waals surface area contributed by atoms with Gasteiger partial charge in [-0.15, -0.1) is 0 Å². The zero-order valence-electron chi connectivity index (χ0n) is 20.9. The standard InChI is InChI=1S/4C7H7NO.2FH.2Hf/c4*8-7(9)6-4-2-1-3-5-6;;;;/h4*1-5H,(H2,8,9);2*1H;;/p-6. The summed E-state index contributed by atoms with van der Waals surface area (Å²) < 4.78 is 0. The molecule has 4 aromatic rings. The molecule has 208 valence electrons. The number of amides is 4. The third-order valence-corrected chi connectivity index (χ3v) is 4.14. The molecular formula is C28H24F2Hf2N4O4-6. The first-order chi connectivity index (χ1) is 17.2. The topological polar surface area (TPSA) is 163 Å². The van der Waals surface area contributed by atoms with E-state index in [1.807, 2.05) is 24.3 Å². The van der Waals surface area contributed by atoms with Gasteiger partial charge in [0.1, 0.15) is 0 Å². The molecule has 0 heterocycles. The Balaban J connectivity index is -0.000000209. The molecule has 4 aromatic carbocycles. The van der Waals surface area contributed by atoms with Crippen LogP contribution in [0.15, 0.2) is 121 Å². The maximum atomic E-state index is 10.3. The first-order valence-electron chi connectivity index (χ1n) is 10.5. The summed E-state index contributed by atoms with van der Waals surface area (Å²) in [5.74, 6) is -2.52. The second-order valence-electron chi connectivity index (χ2n) is 6.78. The van der Waals surface area contributed by atoms with Crippen LogP contribution in [0.25, 0.3) is 22.9 Å². The van der Waals surface area contributed by atoms with Crippen molar-refractivity contribution in [1.29, 1.82) is 0 Å². The molecule has 0 aliphatic rings. The Bertz CT molecular complexity index is 1040. The van der Waals surface area contributed by atoms with Crippen LogP contribution in [0.4, 0.5) is 0 Å². The van der Waals surface area contributed by atoms with Gasteiger partial charge in [-0.25, -0.2) is 0 Å². The molecule has 0 unspecified atom stereocenters. The quantitative estimate of drug-likeness (QED) is 0.285. The van der Waals surface area contributed by atoms with Crippen molar-refractivity contribution in [3.05, 3.63) is 167 Å². The van der Waals surface area contributed by atoms with Crippen LogP contribution in [-0.2, 0) is 51.7 Å². The van der Waals surface area contributed by atoms with Crippen LogP contribution < -0.4 is 9.41 Å². The first-order valence-corrected chi connectivity index (χ1v) is 10.5. The van der Waals surface area contributed by atoms with E-state index in [1.165, 1.54) is 0 Å². The van der Waals surface area contributed by atoms with E-state index >= 15 is 0 Å². The molecular weight excluding hydrogens is 851 g/mol. The molecule has 4 N–H and O–H groups in total. The molecule has 0 bridgehead atoms. The maximum Gasteiger partial charge on any atom is 0.0796 e. The zero-order chi connectivity index (χ0) is 26.8. The van der Waals surface area contributed by atoms with Crippen molar-refractivity contribution in [2.75, 3.05) is 0 Å². The van der Waals surface area contributed by atoms with Crippen molar-refractivity contribution in [2.45, 2.75) is 0 Å². The van der Waals surface area contributed by atoms with E-state index in [2.05, 4.69) is 0 Å². The normalized spacial score (nSPS) is 8.00. The van der Waals surface area contributed by atoms with Gasteiger partial charge in [-0.1, -0.05) is 121 Å². The van der Waals surface area contributed by atoms with Crippen molar-refractivity contribution < 1.29 is 80.3 Å². The van der Waals surface area contributed by atoms with Gasteiger partial charge in [-0.05, 0) is 22.3 Å². The molecule has 0 radical (unpaired) electrons. The van der Waals surface area contributed by atoms with Crippen LogP contribution in [0.1, 0.15) is 41.4 Å². The number of nitrogens with one attached hydrogen (secondary N) is 4. The second kappa shape index (κ2) is 25.6. The predicted molar refractivity (Wildman–Crippen MR) is 140 cm³/mol. The Morgan fingerprint density at radius 1 is 0.325 bits per heavy atom. The molecule has 8 nitrogen and oxygen atoms in total. The number of halogens is 2. The van der Waals surface area contributed by atoms with Crippen LogP contribution >= 0.6 is 0 Å². The van der Waals surface area contributed by atoms with Gasteiger partial charge in [0.2, 0.25) is 0 Å². The van der Waals surface area contributed by atoms with E-state index in [-0.39, 0.29) is 61.1 Å². The fraction of sp³-hybridized carbons (Fsp3) is 0. The smallest absolute Gasteiger partial charge is 0.0796 e. The third-order valence-electron chi connectivity index (χ3n) is 4.14. The van der Waals surface area contributed by atoms with Gasteiger partial charge in [-0.3, -0.25) is 0 Å². The fourth-order valence-electron chi connectivity index (χ4n) is 2.36. The Kier molecular flexibility index (Phi) is 27.8. The molecule has 0 atom stereocenters. The average Bonchev–Trinajstić information content (AvgIpc) is 2.92. The Morgan fingerprint density at radius 2 is 0.450 bits per heavy atom. The van der Waals surface area contributed by atoms with E-state index < -0.39 is 23.6 Å². The van der Waals surface area contributed by atoms with Gasteiger partial charge < -0.3 is 51.5 Å². The van der Waals surface area contributed by atoms with Crippen LogP contribution in [0, 0.1) is 0 Å². The molecule has 0 aliphatic heterocycles. The predicted octanol–water partition coefficient (Wildman–Crippen LogP) is 1.52. The maximum absolute atomic E-state index is 10.3. The molecule has 0 spiro atoms. The SMILES string of the molecule is [F-].[F-].[Hf].[Hf].[NH-]C(=O)c1ccccc1.[NH-]C(=O)c1ccccc1.[NH-]C(=O)c1ccccc1.[NH-]C(=O)c1ccccc1. The Labute approximate surface area is 268 Å². The Hall–Kier alpha value is -3.64. The largest absolute Gasteiger partial charge is 1.00 e. The molecule has 0 saturated heterocycles. The van der Waals surface area contributed by atoms with Gasteiger partial charge in [0, 0.05) is 51.7 Å². The van der Waals surface area contributed by atoms with Crippen LogP contribution in [0.2, 0.25) is 0 Å². The molecule has 0 aliphatic carbocycles. The minimum atomic E-state index is -0.629. The van der Waals surface area contributed by atoms with Gasteiger partial charge in [-0.2, -0.15) is 0 Å². The number of hydrogen-bond donors (Lipinski definition) is 0. The summed E-state index contributed by atoms with van der Waals surface area (Å²) in [6, 6.07) is 34.1. The summed E-state index contributed by atoms with van der Waals surface area (Å²) in [6.45, 7) is 0. The van der Waals surface area contributed by atoms with E-state index in [4.69, 9.17) is 22.9 Å². The number of hydrogen-bond acceptors (Lipinski definition) is 4. The summed E-state index contributed by atoms with van der Waals surface area (Å²) in [6.07, 6.45) is 0. The molecule has 4 amide bonds. The second-order valence-corrected chi connectivity index (χ2v) is 6.78. The molecule has 0 aromatic heterocycles. The van der Waals surface area contributed by atoms with Crippen molar-refractivity contribution in [2.24, 2.45) is 0 Å². The minimum Gasteiger partial charge on any atom is -1.00 e. The summed E-state index contributed by atoms with van der Waals surface area (Å²) in [7, 11) is 0. The van der Waals surface area contributed by atoms with E-state index in [0.717, 1.165) is 0 Å². The summed E-state index contributed by atoms with van der Waals surface area (Å²) in [4.78, 5) is 41.2. The molecule has 0 saturated carbocycles. The van der Waals surface area contributed by atoms with Crippen molar-refractivity contribution in [3.63, 3.8) is 0 Å².